The molecule has 1 aliphatic rings. The summed E-state index contributed by atoms with van der Waals surface area (Å²) in [5, 5.41) is 0. The molecule has 0 radical (unpaired) electrons. The first kappa shape index (κ1) is 10.1. The van der Waals surface area contributed by atoms with Crippen LogP contribution in [0.25, 0.3) is 0 Å². The van der Waals surface area contributed by atoms with Gasteiger partial charge in [-0.25, -0.2) is 0 Å². The molecule has 2 unspecified atom stereocenters. The van der Waals surface area contributed by atoms with Crippen LogP contribution in [0.2, 0.25) is 0 Å². The van der Waals surface area contributed by atoms with Crippen molar-refractivity contribution in [2.24, 2.45) is 23.7 Å². The first-order valence-electron chi connectivity index (χ1n) is 5.65. The molecule has 0 aromatic rings. The third kappa shape index (κ3) is 2.80. The second-order valence-corrected chi connectivity index (χ2v) is 4.96. The van der Waals surface area contributed by atoms with Gasteiger partial charge in [-0.05, 0) is 42.9 Å². The van der Waals surface area contributed by atoms with E-state index in [-0.39, 0.29) is 0 Å². The molecule has 0 aliphatic heterocycles. The Morgan fingerprint density at radius 1 is 1.17 bits per heavy atom. The minimum Gasteiger partial charge on any atom is -0.0651 e. The first-order valence-corrected chi connectivity index (χ1v) is 5.65. The van der Waals surface area contributed by atoms with Gasteiger partial charge < -0.3 is 0 Å². The molecule has 1 fully saturated rings. The van der Waals surface area contributed by atoms with E-state index in [1.807, 2.05) is 0 Å². The Balaban J connectivity index is 2.25. The summed E-state index contributed by atoms with van der Waals surface area (Å²) in [5.74, 6) is 3.95. The van der Waals surface area contributed by atoms with Gasteiger partial charge in [-0.3, -0.25) is 0 Å². The van der Waals surface area contributed by atoms with Crippen molar-refractivity contribution in [3.8, 4) is 0 Å². The second kappa shape index (κ2) is 4.30. The summed E-state index contributed by atoms with van der Waals surface area (Å²) in [6.07, 6.45) is 5.86. The monoisotopic (exact) mass is 168 g/mol. The van der Waals surface area contributed by atoms with Crippen molar-refractivity contribution >= 4 is 0 Å². The van der Waals surface area contributed by atoms with E-state index in [4.69, 9.17) is 0 Å². The average molecular weight is 168 g/mol. The van der Waals surface area contributed by atoms with Crippen molar-refractivity contribution in [2.75, 3.05) is 0 Å². The number of rotatable bonds is 5. The van der Waals surface area contributed by atoms with Crippen molar-refractivity contribution in [1.82, 2.24) is 0 Å². The lowest BCUT2D eigenvalue weighted by Crippen LogP contribution is -2.12. The molecule has 72 valence electrons. The highest BCUT2D eigenvalue weighted by Crippen LogP contribution is 2.40. The van der Waals surface area contributed by atoms with Crippen LogP contribution >= 0.6 is 0 Å². The highest BCUT2D eigenvalue weighted by molar-refractivity contribution is 4.80. The molecular weight excluding hydrogens is 144 g/mol. The predicted molar refractivity (Wildman–Crippen MR) is 55.1 cm³/mol. The Morgan fingerprint density at radius 2 is 1.75 bits per heavy atom. The minimum atomic E-state index is 0.885. The van der Waals surface area contributed by atoms with Crippen LogP contribution in [0.5, 0.6) is 0 Å². The van der Waals surface area contributed by atoms with Crippen LogP contribution in [0, 0.1) is 23.7 Å². The van der Waals surface area contributed by atoms with E-state index in [0.29, 0.717) is 0 Å². The maximum atomic E-state index is 2.45. The lowest BCUT2D eigenvalue weighted by atomic mass is 9.83. The molecule has 0 saturated heterocycles. The van der Waals surface area contributed by atoms with E-state index < -0.39 is 0 Å². The van der Waals surface area contributed by atoms with Crippen molar-refractivity contribution in [3.05, 3.63) is 0 Å². The fraction of sp³-hybridized carbons (Fsp3) is 1.00. The molecule has 0 aromatic heterocycles. The summed E-state index contributed by atoms with van der Waals surface area (Å²) < 4.78 is 0. The predicted octanol–water partition coefficient (Wildman–Crippen LogP) is 4.10. The Labute approximate surface area is 77.7 Å². The van der Waals surface area contributed by atoms with E-state index in [9.17, 15) is 0 Å². The Bertz CT molecular complexity index is 122. The zero-order valence-electron chi connectivity index (χ0n) is 9.14. The molecule has 0 nitrogen and oxygen atoms in total. The van der Waals surface area contributed by atoms with Crippen LogP contribution in [0.3, 0.4) is 0 Å². The molecule has 1 rings (SSSR count). The second-order valence-electron chi connectivity index (χ2n) is 4.96. The maximum absolute atomic E-state index is 2.45. The third-order valence-electron chi connectivity index (χ3n) is 3.57. The summed E-state index contributed by atoms with van der Waals surface area (Å²) in [7, 11) is 0. The Kier molecular flexibility index (Phi) is 3.61. The van der Waals surface area contributed by atoms with Gasteiger partial charge in [0.1, 0.15) is 0 Å². The Hall–Kier alpha value is 0. The van der Waals surface area contributed by atoms with Crippen LogP contribution in [0.15, 0.2) is 0 Å². The summed E-state index contributed by atoms with van der Waals surface area (Å²) in [6.45, 7) is 9.52. The normalized spacial score (nSPS) is 22.8. The molecule has 1 aliphatic carbocycles. The van der Waals surface area contributed by atoms with Crippen LogP contribution in [-0.4, -0.2) is 0 Å². The van der Waals surface area contributed by atoms with Crippen molar-refractivity contribution < 1.29 is 0 Å². The van der Waals surface area contributed by atoms with Gasteiger partial charge in [0, 0.05) is 0 Å². The van der Waals surface area contributed by atoms with Gasteiger partial charge in [0.15, 0.2) is 0 Å². The topological polar surface area (TPSA) is 0 Å². The SMILES string of the molecule is CCC(CC(C)C1CC1)C(C)C. The van der Waals surface area contributed by atoms with Crippen molar-refractivity contribution in [3.63, 3.8) is 0 Å². The standard InChI is InChI=1S/C12H24/c1-5-11(9(2)3)8-10(4)12-6-7-12/h9-12H,5-8H2,1-4H3. The molecule has 0 amide bonds. The summed E-state index contributed by atoms with van der Waals surface area (Å²) in [5.41, 5.74) is 0. The third-order valence-corrected chi connectivity index (χ3v) is 3.57. The molecule has 12 heavy (non-hydrogen) atoms. The number of hydrogen-bond donors (Lipinski definition) is 0. The van der Waals surface area contributed by atoms with E-state index in [2.05, 4.69) is 27.7 Å². The zero-order chi connectivity index (χ0) is 9.14. The van der Waals surface area contributed by atoms with Gasteiger partial charge in [-0.1, -0.05) is 34.1 Å². The molecule has 0 heterocycles. The van der Waals surface area contributed by atoms with Gasteiger partial charge in [-0.2, -0.15) is 0 Å². The lowest BCUT2D eigenvalue weighted by molar-refractivity contribution is 0.282. The molecule has 0 spiro atoms. The lowest BCUT2D eigenvalue weighted by Gasteiger charge is -2.22. The molecule has 0 aromatic carbocycles. The van der Waals surface area contributed by atoms with Gasteiger partial charge >= 0.3 is 0 Å². The molecule has 0 heteroatoms. The van der Waals surface area contributed by atoms with E-state index in [0.717, 1.165) is 23.7 Å². The molecular formula is C12H24. The maximum Gasteiger partial charge on any atom is -0.0388 e. The zero-order valence-corrected chi connectivity index (χ0v) is 9.14. The minimum absolute atomic E-state index is 0.885. The van der Waals surface area contributed by atoms with Gasteiger partial charge in [0.25, 0.3) is 0 Å². The van der Waals surface area contributed by atoms with Crippen molar-refractivity contribution in [1.29, 1.82) is 0 Å². The fourth-order valence-electron chi connectivity index (χ4n) is 2.25. The van der Waals surface area contributed by atoms with Gasteiger partial charge in [-0.15, -0.1) is 0 Å². The van der Waals surface area contributed by atoms with Crippen LogP contribution in [0.1, 0.15) is 53.4 Å². The molecule has 1 saturated carbocycles. The number of hydrogen-bond acceptors (Lipinski definition) is 0. The summed E-state index contributed by atoms with van der Waals surface area (Å²) >= 11 is 0. The smallest absolute Gasteiger partial charge is 0.0388 e. The highest BCUT2D eigenvalue weighted by Gasteiger charge is 2.29. The average Bonchev–Trinajstić information content (AvgIpc) is 2.80. The molecule has 2 atom stereocenters. The highest BCUT2D eigenvalue weighted by atomic mass is 14.3. The van der Waals surface area contributed by atoms with E-state index in [1.54, 1.807) is 0 Å². The quantitative estimate of drug-likeness (QED) is 0.579. The molecule has 0 N–H and O–H groups in total. The van der Waals surface area contributed by atoms with Crippen LogP contribution in [-0.2, 0) is 0 Å². The van der Waals surface area contributed by atoms with Crippen molar-refractivity contribution in [2.45, 2.75) is 53.4 Å². The molecule has 0 bridgehead atoms. The summed E-state index contributed by atoms with van der Waals surface area (Å²) in [4.78, 5) is 0. The first-order chi connectivity index (χ1) is 5.65. The van der Waals surface area contributed by atoms with E-state index >= 15 is 0 Å². The summed E-state index contributed by atoms with van der Waals surface area (Å²) in [6, 6.07) is 0. The largest absolute Gasteiger partial charge is 0.0651 e. The van der Waals surface area contributed by atoms with Gasteiger partial charge in [0.05, 0.1) is 0 Å². The van der Waals surface area contributed by atoms with E-state index in [1.165, 1.54) is 25.7 Å². The fourth-order valence-corrected chi connectivity index (χ4v) is 2.25. The van der Waals surface area contributed by atoms with Gasteiger partial charge in [0.2, 0.25) is 0 Å². The van der Waals surface area contributed by atoms with Crippen LogP contribution in [0.4, 0.5) is 0 Å². The Morgan fingerprint density at radius 3 is 2.08 bits per heavy atom. The van der Waals surface area contributed by atoms with Crippen LogP contribution < -0.4 is 0 Å².